The van der Waals surface area contributed by atoms with Gasteiger partial charge in [-0.3, -0.25) is 0 Å². The van der Waals surface area contributed by atoms with Crippen LogP contribution in [0, 0.1) is 5.92 Å². The molecule has 38 heavy (non-hydrogen) atoms. The van der Waals surface area contributed by atoms with E-state index < -0.39 is 0 Å². The van der Waals surface area contributed by atoms with Gasteiger partial charge < -0.3 is 0 Å². The van der Waals surface area contributed by atoms with Crippen LogP contribution >= 0.6 is 0 Å². The zero-order valence-electron chi connectivity index (χ0n) is 26.3. The minimum absolute atomic E-state index is 0. The van der Waals surface area contributed by atoms with Crippen molar-refractivity contribution >= 4 is 5.57 Å². The molecule has 0 heteroatoms. The van der Waals surface area contributed by atoms with Crippen molar-refractivity contribution in [2.45, 2.75) is 166 Å². The summed E-state index contributed by atoms with van der Waals surface area (Å²) in [7, 11) is 0. The predicted octanol–water partition coefficient (Wildman–Crippen LogP) is 13.7. The first-order chi connectivity index (χ1) is 16.9. The Morgan fingerprint density at radius 2 is 1.29 bits per heavy atom. The van der Waals surface area contributed by atoms with Crippen molar-refractivity contribution in [2.75, 3.05) is 0 Å². The minimum Gasteiger partial charge on any atom is -0.0912 e. The fourth-order valence-electron chi connectivity index (χ4n) is 4.87. The smallest absolute Gasteiger partial charge is 0.0100 e. The van der Waals surface area contributed by atoms with Gasteiger partial charge in [-0.05, 0) is 65.7 Å². The van der Waals surface area contributed by atoms with E-state index in [1.807, 2.05) is 0 Å². The highest BCUT2D eigenvalue weighted by molar-refractivity contribution is 5.73. The average Bonchev–Trinajstić information content (AvgIpc) is 2.81. The number of rotatable bonds is 10. The van der Waals surface area contributed by atoms with E-state index >= 15 is 0 Å². The highest BCUT2D eigenvalue weighted by Crippen LogP contribution is 2.46. The molecule has 0 heterocycles. The molecule has 0 saturated heterocycles. The maximum absolute atomic E-state index is 4.24. The molecule has 0 spiro atoms. The lowest BCUT2D eigenvalue weighted by Crippen LogP contribution is -2.33. The van der Waals surface area contributed by atoms with Gasteiger partial charge in [0, 0.05) is 0 Å². The molecule has 0 atom stereocenters. The van der Waals surface area contributed by atoms with Crippen molar-refractivity contribution in [3.63, 3.8) is 0 Å². The molecule has 0 aliphatic heterocycles. The number of hydrogen-bond donors (Lipinski definition) is 0. The summed E-state index contributed by atoms with van der Waals surface area (Å²) in [5.74, 6) is 0.963. The monoisotopic (exact) mass is 527 g/mol. The molecule has 222 valence electrons. The first-order valence-electron chi connectivity index (χ1n) is 15.0. The zero-order chi connectivity index (χ0) is 27.8. The predicted molar refractivity (Wildman–Crippen MR) is 182 cm³/mol. The summed E-state index contributed by atoms with van der Waals surface area (Å²) in [6.45, 7) is 29.2. The average molecular weight is 527 g/mol. The van der Waals surface area contributed by atoms with Gasteiger partial charge in [0.2, 0.25) is 0 Å². The van der Waals surface area contributed by atoms with Crippen molar-refractivity contribution in [1.82, 2.24) is 0 Å². The van der Waals surface area contributed by atoms with Crippen LogP contribution in [0.1, 0.15) is 172 Å². The van der Waals surface area contributed by atoms with E-state index in [1.165, 1.54) is 86.5 Å². The zero-order valence-corrected chi connectivity index (χ0v) is 26.3. The van der Waals surface area contributed by atoms with Gasteiger partial charge in [-0.1, -0.05) is 177 Å². The molecule has 1 aromatic carbocycles. The van der Waals surface area contributed by atoms with E-state index in [4.69, 9.17) is 0 Å². The third-order valence-corrected chi connectivity index (χ3v) is 7.47. The van der Waals surface area contributed by atoms with Gasteiger partial charge in [0.05, 0.1) is 0 Å². The molecule has 0 fully saturated rings. The SMILES string of the molecule is C.C.C=C(/C=C\C=C(C)C)c1ccc2c(c1)C(C)(C)CCC2(C)C.CCCC(C)CCC.CCCCCC. The number of allylic oxidation sites excluding steroid dienone is 5. The van der Waals surface area contributed by atoms with Crippen molar-refractivity contribution in [3.05, 3.63) is 65.3 Å². The van der Waals surface area contributed by atoms with Crippen molar-refractivity contribution in [3.8, 4) is 0 Å². The number of hydrogen-bond acceptors (Lipinski definition) is 0. The topological polar surface area (TPSA) is 0 Å². The van der Waals surface area contributed by atoms with E-state index in [1.54, 1.807) is 0 Å². The summed E-state index contributed by atoms with van der Waals surface area (Å²) < 4.78 is 0. The van der Waals surface area contributed by atoms with Crippen LogP contribution in [-0.2, 0) is 10.8 Å². The van der Waals surface area contributed by atoms with Gasteiger partial charge in [0.15, 0.2) is 0 Å². The standard InChI is InChI=1S/C22H30.C8H18.C6H14.2CH4/c1-16(2)9-8-10-17(3)18-11-12-19-20(15-18)22(6,7)14-13-21(19,4)5;1-4-6-8(3)7-5-2;1-3-5-6-4-2;;/h8-12,15H,3,13-14H2,1-2,4-7H3;8H,4-7H2,1-3H3;3-6H2,1-2H3;2*1H4/b10-8-;;;;. The molecule has 0 amide bonds. The van der Waals surface area contributed by atoms with Crippen molar-refractivity contribution < 1.29 is 0 Å². The third-order valence-electron chi connectivity index (χ3n) is 7.47. The lowest BCUT2D eigenvalue weighted by molar-refractivity contribution is 0.332. The Balaban J connectivity index is -0.000000639. The molecule has 0 unspecified atom stereocenters. The van der Waals surface area contributed by atoms with Gasteiger partial charge in [0.1, 0.15) is 0 Å². The second kappa shape index (κ2) is 21.3. The Kier molecular flexibility index (Phi) is 22.9. The lowest BCUT2D eigenvalue weighted by atomic mass is 9.63. The van der Waals surface area contributed by atoms with Crippen LogP contribution in [0.5, 0.6) is 0 Å². The summed E-state index contributed by atoms with van der Waals surface area (Å²) in [5.41, 5.74) is 7.17. The van der Waals surface area contributed by atoms with Gasteiger partial charge in [-0.15, -0.1) is 0 Å². The third kappa shape index (κ3) is 15.8. The van der Waals surface area contributed by atoms with Crippen LogP contribution in [-0.4, -0.2) is 0 Å². The fourth-order valence-corrected chi connectivity index (χ4v) is 4.87. The van der Waals surface area contributed by atoms with E-state index in [9.17, 15) is 0 Å². The Morgan fingerprint density at radius 3 is 1.71 bits per heavy atom. The molecule has 1 aliphatic rings. The maximum Gasteiger partial charge on any atom is -0.0100 e. The normalized spacial score (nSPS) is 14.5. The summed E-state index contributed by atoms with van der Waals surface area (Å²) in [6.07, 6.45) is 19.9. The number of fused-ring (bicyclic) bond motifs is 1. The van der Waals surface area contributed by atoms with Gasteiger partial charge in [-0.2, -0.15) is 0 Å². The summed E-state index contributed by atoms with van der Waals surface area (Å²) in [5, 5.41) is 0. The highest BCUT2D eigenvalue weighted by atomic mass is 14.4. The largest absolute Gasteiger partial charge is 0.0912 e. The highest BCUT2D eigenvalue weighted by Gasteiger charge is 2.36. The van der Waals surface area contributed by atoms with E-state index in [2.05, 4.69) is 119 Å². The molecule has 0 saturated carbocycles. The molecule has 1 aromatic rings. The minimum atomic E-state index is 0. The first kappa shape index (κ1) is 40.9. The Labute approximate surface area is 242 Å². The van der Waals surface area contributed by atoms with Crippen LogP contribution in [0.15, 0.2) is 48.6 Å². The molecule has 0 bridgehead atoms. The van der Waals surface area contributed by atoms with Crippen molar-refractivity contribution in [2.24, 2.45) is 5.92 Å². The molecule has 0 nitrogen and oxygen atoms in total. The molecule has 1 aliphatic carbocycles. The maximum atomic E-state index is 4.24. The quantitative estimate of drug-likeness (QED) is 0.210. The Bertz CT molecular complexity index is 785. The second-order valence-corrected chi connectivity index (χ2v) is 12.5. The summed E-state index contributed by atoms with van der Waals surface area (Å²) >= 11 is 0. The molecular formula is C38H70. The molecule has 0 N–H and O–H groups in total. The van der Waals surface area contributed by atoms with Crippen LogP contribution in [0.25, 0.3) is 5.57 Å². The number of unbranched alkanes of at least 4 members (excludes halogenated alkanes) is 3. The molecule has 0 aromatic heterocycles. The van der Waals surface area contributed by atoms with E-state index in [-0.39, 0.29) is 25.7 Å². The van der Waals surface area contributed by atoms with Gasteiger partial charge in [0.25, 0.3) is 0 Å². The first-order valence-corrected chi connectivity index (χ1v) is 15.0. The number of benzene rings is 1. The van der Waals surface area contributed by atoms with E-state index in [0.717, 1.165) is 11.5 Å². The van der Waals surface area contributed by atoms with Crippen LogP contribution in [0.4, 0.5) is 0 Å². The Hall–Kier alpha value is -1.56. The summed E-state index contributed by atoms with van der Waals surface area (Å²) in [4.78, 5) is 0. The van der Waals surface area contributed by atoms with Crippen molar-refractivity contribution in [1.29, 1.82) is 0 Å². The Morgan fingerprint density at radius 1 is 0.816 bits per heavy atom. The van der Waals surface area contributed by atoms with Crippen LogP contribution in [0.2, 0.25) is 0 Å². The van der Waals surface area contributed by atoms with Gasteiger partial charge in [-0.25, -0.2) is 0 Å². The van der Waals surface area contributed by atoms with Gasteiger partial charge >= 0.3 is 0 Å². The fraction of sp³-hybridized carbons (Fsp3) is 0.684. The lowest BCUT2D eigenvalue weighted by Gasteiger charge is -2.42. The van der Waals surface area contributed by atoms with Crippen LogP contribution < -0.4 is 0 Å². The molecular weight excluding hydrogens is 456 g/mol. The van der Waals surface area contributed by atoms with E-state index in [0.29, 0.717) is 0 Å². The second-order valence-electron chi connectivity index (χ2n) is 12.5. The summed E-state index contributed by atoms with van der Waals surface area (Å²) in [6, 6.07) is 6.92. The van der Waals surface area contributed by atoms with Crippen LogP contribution in [0.3, 0.4) is 0 Å². The molecule has 0 radical (unpaired) electrons. The molecule has 2 rings (SSSR count).